The van der Waals surface area contributed by atoms with Gasteiger partial charge in [0, 0.05) is 11.1 Å². The molecule has 0 radical (unpaired) electrons. The molecule has 1 aromatic heterocycles. The molecular weight excluding hydrogens is 284 g/mol. The standard InChI is InChI=1S/C17H21ClN2O/c1-10-11(2)21-15(20-10)9-19-16-14-7-13(18)6-5-12(14)8-17(16,3)4/h5-7,16,19H,8-9H2,1-4H3. The van der Waals surface area contributed by atoms with Crippen molar-refractivity contribution in [3.8, 4) is 0 Å². The van der Waals surface area contributed by atoms with Crippen LogP contribution in [0.2, 0.25) is 5.02 Å². The van der Waals surface area contributed by atoms with Crippen molar-refractivity contribution in [3.63, 3.8) is 0 Å². The lowest BCUT2D eigenvalue weighted by molar-refractivity contribution is 0.260. The van der Waals surface area contributed by atoms with Gasteiger partial charge in [0.2, 0.25) is 5.89 Å². The lowest BCUT2D eigenvalue weighted by Crippen LogP contribution is -2.30. The summed E-state index contributed by atoms with van der Waals surface area (Å²) in [6, 6.07) is 6.45. The number of nitrogens with one attached hydrogen (secondary N) is 1. The van der Waals surface area contributed by atoms with Crippen LogP contribution in [0, 0.1) is 19.3 Å². The molecule has 21 heavy (non-hydrogen) atoms. The highest BCUT2D eigenvalue weighted by atomic mass is 35.5. The van der Waals surface area contributed by atoms with E-state index in [1.54, 1.807) is 0 Å². The van der Waals surface area contributed by atoms with Crippen molar-refractivity contribution in [3.05, 3.63) is 51.7 Å². The van der Waals surface area contributed by atoms with E-state index in [1.165, 1.54) is 11.1 Å². The quantitative estimate of drug-likeness (QED) is 0.915. The van der Waals surface area contributed by atoms with E-state index in [1.807, 2.05) is 19.9 Å². The van der Waals surface area contributed by atoms with Gasteiger partial charge in [-0.15, -0.1) is 0 Å². The molecule has 1 aliphatic rings. The van der Waals surface area contributed by atoms with Crippen molar-refractivity contribution < 1.29 is 4.42 Å². The molecule has 4 heteroatoms. The number of halogens is 1. The van der Waals surface area contributed by atoms with E-state index in [4.69, 9.17) is 16.0 Å². The van der Waals surface area contributed by atoms with Crippen LogP contribution < -0.4 is 5.32 Å². The maximum atomic E-state index is 6.16. The van der Waals surface area contributed by atoms with Gasteiger partial charge in [0.25, 0.3) is 0 Å². The number of hydrogen-bond acceptors (Lipinski definition) is 3. The molecule has 0 bridgehead atoms. The molecule has 1 aliphatic carbocycles. The molecule has 1 unspecified atom stereocenters. The first-order valence-corrected chi connectivity index (χ1v) is 7.69. The average molecular weight is 305 g/mol. The molecule has 1 heterocycles. The van der Waals surface area contributed by atoms with Crippen LogP contribution >= 0.6 is 11.6 Å². The summed E-state index contributed by atoms with van der Waals surface area (Å²) in [6.07, 6.45) is 1.06. The first-order valence-electron chi connectivity index (χ1n) is 7.31. The third-order valence-electron chi connectivity index (χ3n) is 4.38. The van der Waals surface area contributed by atoms with Crippen molar-refractivity contribution >= 4 is 11.6 Å². The second-order valence-corrected chi connectivity index (χ2v) is 7.01. The van der Waals surface area contributed by atoms with Gasteiger partial charge in [0.15, 0.2) is 0 Å². The number of fused-ring (bicyclic) bond motifs is 1. The van der Waals surface area contributed by atoms with Gasteiger partial charge < -0.3 is 9.73 Å². The third-order valence-corrected chi connectivity index (χ3v) is 4.61. The first-order chi connectivity index (χ1) is 9.87. The van der Waals surface area contributed by atoms with Crippen LogP contribution in [0.5, 0.6) is 0 Å². The average Bonchev–Trinajstić information content (AvgIpc) is 2.83. The van der Waals surface area contributed by atoms with Crippen LogP contribution in [0.25, 0.3) is 0 Å². The minimum Gasteiger partial charge on any atom is -0.444 e. The van der Waals surface area contributed by atoms with Gasteiger partial charge in [-0.25, -0.2) is 4.98 Å². The van der Waals surface area contributed by atoms with E-state index in [0.717, 1.165) is 28.8 Å². The first kappa shape index (κ1) is 14.6. The molecule has 3 rings (SSSR count). The molecule has 0 fully saturated rings. The number of aryl methyl sites for hydroxylation is 2. The zero-order valence-electron chi connectivity index (χ0n) is 13.0. The second kappa shape index (κ2) is 5.15. The summed E-state index contributed by atoms with van der Waals surface area (Å²) in [4.78, 5) is 4.44. The van der Waals surface area contributed by atoms with Crippen molar-refractivity contribution in [1.82, 2.24) is 10.3 Å². The molecule has 1 N–H and O–H groups in total. The Morgan fingerprint density at radius 1 is 1.38 bits per heavy atom. The van der Waals surface area contributed by atoms with Crippen LogP contribution in [0.4, 0.5) is 0 Å². The van der Waals surface area contributed by atoms with E-state index in [9.17, 15) is 0 Å². The zero-order valence-corrected chi connectivity index (χ0v) is 13.7. The fourth-order valence-electron chi connectivity index (χ4n) is 3.20. The summed E-state index contributed by atoms with van der Waals surface area (Å²) in [6.45, 7) is 9.11. The van der Waals surface area contributed by atoms with Gasteiger partial charge >= 0.3 is 0 Å². The Morgan fingerprint density at radius 2 is 2.14 bits per heavy atom. The van der Waals surface area contributed by atoms with Gasteiger partial charge in [-0.2, -0.15) is 0 Å². The Balaban J connectivity index is 1.82. The van der Waals surface area contributed by atoms with E-state index in [0.29, 0.717) is 6.54 Å². The smallest absolute Gasteiger partial charge is 0.208 e. The molecule has 1 atom stereocenters. The molecule has 0 saturated heterocycles. The van der Waals surface area contributed by atoms with Gasteiger partial charge in [-0.3, -0.25) is 0 Å². The molecule has 0 saturated carbocycles. The Hall–Kier alpha value is -1.32. The van der Waals surface area contributed by atoms with Crippen LogP contribution in [-0.4, -0.2) is 4.98 Å². The summed E-state index contributed by atoms with van der Waals surface area (Å²) < 4.78 is 5.65. The molecule has 0 spiro atoms. The Bertz CT molecular complexity index is 656. The van der Waals surface area contributed by atoms with E-state index in [2.05, 4.69) is 36.3 Å². The van der Waals surface area contributed by atoms with Gasteiger partial charge in [0.05, 0.1) is 12.2 Å². The highest BCUT2D eigenvalue weighted by molar-refractivity contribution is 6.30. The van der Waals surface area contributed by atoms with E-state index >= 15 is 0 Å². The fraction of sp³-hybridized carbons (Fsp3) is 0.471. The molecule has 0 amide bonds. The molecular formula is C17H21ClN2O. The van der Waals surface area contributed by atoms with Crippen LogP contribution in [0.1, 0.15) is 48.4 Å². The minimum absolute atomic E-state index is 0.156. The Labute approximate surface area is 130 Å². The maximum Gasteiger partial charge on any atom is 0.208 e. The molecule has 0 aliphatic heterocycles. The summed E-state index contributed by atoms with van der Waals surface area (Å²) in [5.41, 5.74) is 3.79. The van der Waals surface area contributed by atoms with Crippen LogP contribution in [0.3, 0.4) is 0 Å². The molecule has 1 aromatic carbocycles. The lowest BCUT2D eigenvalue weighted by Gasteiger charge is -2.28. The number of nitrogens with zero attached hydrogens (tertiary/aromatic N) is 1. The van der Waals surface area contributed by atoms with Crippen molar-refractivity contribution in [2.24, 2.45) is 5.41 Å². The molecule has 112 valence electrons. The van der Waals surface area contributed by atoms with Crippen LogP contribution in [0.15, 0.2) is 22.6 Å². The maximum absolute atomic E-state index is 6.16. The highest BCUT2D eigenvalue weighted by Crippen LogP contribution is 2.45. The Morgan fingerprint density at radius 3 is 2.81 bits per heavy atom. The molecule has 2 aromatic rings. The Kier molecular flexibility index (Phi) is 3.58. The van der Waals surface area contributed by atoms with Crippen molar-refractivity contribution in [2.75, 3.05) is 0 Å². The SMILES string of the molecule is Cc1nc(CNC2c3cc(Cl)ccc3CC2(C)C)oc1C. The monoisotopic (exact) mass is 304 g/mol. The number of oxazole rings is 1. The van der Waals surface area contributed by atoms with Gasteiger partial charge in [-0.05, 0) is 48.9 Å². The fourth-order valence-corrected chi connectivity index (χ4v) is 3.38. The summed E-state index contributed by atoms with van der Waals surface area (Å²) in [7, 11) is 0. The predicted octanol–water partition coefficient (Wildman–Crippen LogP) is 4.36. The van der Waals surface area contributed by atoms with Gasteiger partial charge in [-0.1, -0.05) is 31.5 Å². The van der Waals surface area contributed by atoms with Crippen molar-refractivity contribution in [2.45, 2.75) is 46.7 Å². The summed E-state index contributed by atoms with van der Waals surface area (Å²) in [5.74, 6) is 1.64. The normalized spacial score (nSPS) is 19.8. The topological polar surface area (TPSA) is 38.1 Å². The van der Waals surface area contributed by atoms with E-state index < -0.39 is 0 Å². The number of rotatable bonds is 3. The number of hydrogen-bond donors (Lipinski definition) is 1. The van der Waals surface area contributed by atoms with Crippen LogP contribution in [-0.2, 0) is 13.0 Å². The number of benzene rings is 1. The van der Waals surface area contributed by atoms with Gasteiger partial charge in [0.1, 0.15) is 5.76 Å². The zero-order chi connectivity index (χ0) is 15.2. The summed E-state index contributed by atoms with van der Waals surface area (Å²) >= 11 is 6.16. The predicted molar refractivity (Wildman–Crippen MR) is 84.5 cm³/mol. The van der Waals surface area contributed by atoms with E-state index in [-0.39, 0.29) is 11.5 Å². The number of aromatic nitrogens is 1. The highest BCUT2D eigenvalue weighted by Gasteiger charge is 2.38. The second-order valence-electron chi connectivity index (χ2n) is 6.57. The summed E-state index contributed by atoms with van der Waals surface area (Å²) in [5, 5.41) is 4.39. The third kappa shape index (κ3) is 2.72. The molecule has 3 nitrogen and oxygen atoms in total. The van der Waals surface area contributed by atoms with Crippen molar-refractivity contribution in [1.29, 1.82) is 0 Å². The minimum atomic E-state index is 0.156. The lowest BCUT2D eigenvalue weighted by atomic mass is 9.85. The largest absolute Gasteiger partial charge is 0.444 e.